The van der Waals surface area contributed by atoms with Gasteiger partial charge in [0.15, 0.2) is 6.23 Å². The summed E-state index contributed by atoms with van der Waals surface area (Å²) in [6.45, 7) is 4.60. The number of alkyl halides is 3. The lowest BCUT2D eigenvalue weighted by molar-refractivity contribution is -0.137. The van der Waals surface area contributed by atoms with Crippen LogP contribution in [0.25, 0.3) is 5.57 Å². The van der Waals surface area contributed by atoms with Crippen LogP contribution in [0.1, 0.15) is 27.0 Å². The number of aliphatic hydroxyl groups is 1. The van der Waals surface area contributed by atoms with Crippen LogP contribution in [-0.4, -0.2) is 48.4 Å². The van der Waals surface area contributed by atoms with E-state index < -0.39 is 23.9 Å². The Labute approximate surface area is 189 Å². The van der Waals surface area contributed by atoms with Crippen molar-refractivity contribution < 1.29 is 27.8 Å². The maximum Gasteiger partial charge on any atom is 0.416 e. The van der Waals surface area contributed by atoms with Crippen molar-refractivity contribution >= 4 is 17.2 Å². The number of dihydropyridines is 1. The summed E-state index contributed by atoms with van der Waals surface area (Å²) in [5.74, 6) is -0.652. The monoisotopic (exact) mass is 459 g/mol. The fraction of sp³-hybridized carbons (Fsp3) is 0.292. The van der Waals surface area contributed by atoms with E-state index in [1.807, 2.05) is 13.0 Å². The minimum absolute atomic E-state index is 0.0944. The van der Waals surface area contributed by atoms with E-state index >= 15 is 0 Å². The zero-order chi connectivity index (χ0) is 23.6. The average Bonchev–Trinajstić information content (AvgIpc) is 2.81. The highest BCUT2D eigenvalue weighted by Gasteiger charge is 2.31. The highest BCUT2D eigenvalue weighted by atomic mass is 19.4. The van der Waals surface area contributed by atoms with Gasteiger partial charge in [0.1, 0.15) is 0 Å². The molecule has 0 bridgehead atoms. The van der Waals surface area contributed by atoms with Gasteiger partial charge in [-0.05, 0) is 54.5 Å². The molecule has 0 spiro atoms. The Kier molecular flexibility index (Phi) is 6.44. The van der Waals surface area contributed by atoms with Crippen molar-refractivity contribution in [3.63, 3.8) is 0 Å². The molecular weight excluding hydrogens is 435 g/mol. The second kappa shape index (κ2) is 9.29. The zero-order valence-electron chi connectivity index (χ0n) is 17.9. The number of hydrogen-bond donors (Lipinski definition) is 3. The molecule has 9 heteroatoms. The second-order valence-electron chi connectivity index (χ2n) is 7.90. The number of carbonyl (C=O) groups excluding carboxylic acids is 1. The van der Waals surface area contributed by atoms with Crippen LogP contribution in [0.5, 0.6) is 0 Å². The summed E-state index contributed by atoms with van der Waals surface area (Å²) in [7, 11) is 0. The summed E-state index contributed by atoms with van der Waals surface area (Å²) in [4.78, 5) is 14.8. The molecule has 1 saturated heterocycles. The standard InChI is InChI=1S/C24H24F3N3O3/c1-15-5-6-18(29-22(31)16-3-2-4-17(11-16)24(25,26)27)12-20(15)21-13-19(14-28-23(21)32)30-7-9-33-10-8-30/h2-6,11-14,23,28,32H,7-10H2,1H3,(H,29,31). The van der Waals surface area contributed by atoms with E-state index in [-0.39, 0.29) is 5.56 Å². The number of aryl methyl sites for hydroxylation is 1. The quantitative estimate of drug-likeness (QED) is 0.650. The van der Waals surface area contributed by atoms with E-state index in [1.165, 1.54) is 12.1 Å². The molecule has 2 aromatic carbocycles. The van der Waals surface area contributed by atoms with E-state index in [4.69, 9.17) is 4.74 Å². The van der Waals surface area contributed by atoms with Crippen LogP contribution in [0.15, 0.2) is 60.4 Å². The number of carbonyl (C=O) groups is 1. The number of aliphatic hydroxyl groups excluding tert-OH is 1. The van der Waals surface area contributed by atoms with E-state index in [2.05, 4.69) is 15.5 Å². The number of nitrogens with one attached hydrogen (secondary N) is 2. The van der Waals surface area contributed by atoms with Crippen LogP contribution in [0.2, 0.25) is 0 Å². The van der Waals surface area contributed by atoms with Gasteiger partial charge in [0.05, 0.1) is 24.5 Å². The maximum atomic E-state index is 13.0. The average molecular weight is 459 g/mol. The van der Waals surface area contributed by atoms with Crippen molar-refractivity contribution in [3.8, 4) is 0 Å². The van der Waals surface area contributed by atoms with Crippen molar-refractivity contribution in [2.24, 2.45) is 0 Å². The summed E-state index contributed by atoms with van der Waals surface area (Å²) < 4.78 is 44.3. The molecule has 33 heavy (non-hydrogen) atoms. The lowest BCUT2D eigenvalue weighted by Gasteiger charge is -2.33. The molecule has 0 aromatic heterocycles. The van der Waals surface area contributed by atoms with Crippen LogP contribution in [0.4, 0.5) is 18.9 Å². The predicted molar refractivity (Wildman–Crippen MR) is 118 cm³/mol. The summed E-state index contributed by atoms with van der Waals surface area (Å²) in [6, 6.07) is 9.44. The lowest BCUT2D eigenvalue weighted by atomic mass is 9.96. The van der Waals surface area contributed by atoms with Gasteiger partial charge in [-0.2, -0.15) is 13.2 Å². The van der Waals surface area contributed by atoms with Gasteiger partial charge in [-0.25, -0.2) is 0 Å². The number of hydrogen-bond acceptors (Lipinski definition) is 5. The number of anilines is 1. The van der Waals surface area contributed by atoms with Gasteiger partial charge in [-0.15, -0.1) is 0 Å². The molecule has 1 atom stereocenters. The lowest BCUT2D eigenvalue weighted by Crippen LogP contribution is -2.38. The third-order valence-electron chi connectivity index (χ3n) is 5.62. The van der Waals surface area contributed by atoms with Gasteiger partial charge in [0, 0.05) is 36.1 Å². The minimum Gasteiger partial charge on any atom is -0.378 e. The van der Waals surface area contributed by atoms with E-state index in [9.17, 15) is 23.1 Å². The SMILES string of the molecule is Cc1ccc(NC(=O)c2cccc(C(F)(F)F)c2)cc1C1=CC(N2CCOCC2)=CNC1O. The van der Waals surface area contributed by atoms with Gasteiger partial charge in [-0.3, -0.25) is 4.79 Å². The Bertz CT molecular complexity index is 1110. The molecule has 1 amide bonds. The fourth-order valence-electron chi connectivity index (χ4n) is 3.81. The smallest absolute Gasteiger partial charge is 0.378 e. The maximum absolute atomic E-state index is 13.0. The molecule has 174 valence electrons. The Morgan fingerprint density at radius 1 is 1.18 bits per heavy atom. The molecule has 1 unspecified atom stereocenters. The molecule has 2 aliphatic heterocycles. The molecular formula is C24H24F3N3O3. The first-order valence-corrected chi connectivity index (χ1v) is 10.5. The molecule has 6 nitrogen and oxygen atoms in total. The fourth-order valence-corrected chi connectivity index (χ4v) is 3.81. The summed E-state index contributed by atoms with van der Waals surface area (Å²) in [6.07, 6.45) is -1.82. The van der Waals surface area contributed by atoms with E-state index in [0.717, 1.165) is 42.0 Å². The van der Waals surface area contributed by atoms with Crippen LogP contribution in [0.3, 0.4) is 0 Å². The van der Waals surface area contributed by atoms with Crippen molar-refractivity contribution in [1.82, 2.24) is 10.2 Å². The minimum atomic E-state index is -4.53. The van der Waals surface area contributed by atoms with Gasteiger partial charge in [0.25, 0.3) is 5.91 Å². The first kappa shape index (κ1) is 22.9. The van der Waals surface area contributed by atoms with E-state index in [1.54, 1.807) is 24.4 Å². The van der Waals surface area contributed by atoms with Gasteiger partial charge in [0.2, 0.25) is 0 Å². The molecule has 2 heterocycles. The topological polar surface area (TPSA) is 73.8 Å². The van der Waals surface area contributed by atoms with Crippen LogP contribution in [-0.2, 0) is 10.9 Å². The Morgan fingerprint density at radius 2 is 1.94 bits per heavy atom. The first-order valence-electron chi connectivity index (χ1n) is 10.5. The van der Waals surface area contributed by atoms with Crippen molar-refractivity contribution in [2.45, 2.75) is 19.3 Å². The largest absolute Gasteiger partial charge is 0.416 e. The van der Waals surface area contributed by atoms with Crippen LogP contribution >= 0.6 is 0 Å². The number of halogens is 3. The van der Waals surface area contributed by atoms with Crippen LogP contribution < -0.4 is 10.6 Å². The highest BCUT2D eigenvalue weighted by Crippen LogP contribution is 2.31. The Hall–Kier alpha value is -3.30. The molecule has 2 aliphatic rings. The molecule has 3 N–H and O–H groups in total. The van der Waals surface area contributed by atoms with Crippen molar-refractivity contribution in [1.29, 1.82) is 0 Å². The number of allylic oxidation sites excluding steroid dienone is 1. The predicted octanol–water partition coefficient (Wildman–Crippen LogP) is 3.74. The van der Waals surface area contributed by atoms with Gasteiger partial charge >= 0.3 is 6.18 Å². The molecule has 0 aliphatic carbocycles. The van der Waals surface area contributed by atoms with Gasteiger partial charge in [-0.1, -0.05) is 12.1 Å². The number of morpholine rings is 1. The molecule has 4 rings (SSSR count). The third-order valence-corrected chi connectivity index (χ3v) is 5.62. The first-order chi connectivity index (χ1) is 15.7. The normalized spacial score (nSPS) is 18.8. The summed E-state index contributed by atoms with van der Waals surface area (Å²) in [5, 5.41) is 16.2. The summed E-state index contributed by atoms with van der Waals surface area (Å²) >= 11 is 0. The number of ether oxygens (including phenoxy) is 1. The molecule has 1 fully saturated rings. The summed E-state index contributed by atoms with van der Waals surface area (Å²) in [5.41, 5.74) is 2.57. The Balaban J connectivity index is 1.58. The number of nitrogens with zero attached hydrogens (tertiary/aromatic N) is 1. The highest BCUT2D eigenvalue weighted by molar-refractivity contribution is 6.04. The second-order valence-corrected chi connectivity index (χ2v) is 7.90. The molecule has 0 radical (unpaired) electrons. The third kappa shape index (κ3) is 5.20. The van der Waals surface area contributed by atoms with E-state index in [0.29, 0.717) is 24.5 Å². The van der Waals surface area contributed by atoms with Gasteiger partial charge < -0.3 is 25.4 Å². The van der Waals surface area contributed by atoms with Crippen molar-refractivity contribution in [2.75, 3.05) is 31.6 Å². The molecule has 2 aromatic rings. The Morgan fingerprint density at radius 3 is 2.67 bits per heavy atom. The van der Waals surface area contributed by atoms with Crippen molar-refractivity contribution in [3.05, 3.63) is 82.7 Å². The number of amides is 1. The number of rotatable bonds is 4. The number of benzene rings is 2. The van der Waals surface area contributed by atoms with Crippen LogP contribution in [0, 0.1) is 6.92 Å². The zero-order valence-corrected chi connectivity index (χ0v) is 17.9. The molecule has 0 saturated carbocycles.